The third kappa shape index (κ3) is 18.6. The molecule has 27 heavy (non-hydrogen) atoms. The van der Waals surface area contributed by atoms with E-state index < -0.39 is 0 Å². The number of unbranched alkanes of at least 4 members (excludes halogenated alkanes) is 15. The van der Waals surface area contributed by atoms with E-state index in [4.69, 9.17) is 4.74 Å². The van der Waals surface area contributed by atoms with Gasteiger partial charge in [-0.25, -0.2) is 0 Å². The van der Waals surface area contributed by atoms with Gasteiger partial charge < -0.3 is 4.74 Å². The largest absolute Gasteiger partial charge is 0.469 e. The molecule has 2 nitrogen and oxygen atoms in total. The summed E-state index contributed by atoms with van der Waals surface area (Å²) in [5, 5.41) is 0. The lowest BCUT2D eigenvalue weighted by Crippen LogP contribution is -2.14. The molecular weight excluding hydrogens is 332 g/mol. The number of esters is 1. The molecule has 0 saturated heterocycles. The van der Waals surface area contributed by atoms with Crippen molar-refractivity contribution in [2.24, 2.45) is 11.8 Å². The second-order valence-electron chi connectivity index (χ2n) is 8.83. The number of carbonyl (C=O) groups is 1. The van der Waals surface area contributed by atoms with E-state index in [1.54, 1.807) is 0 Å². The van der Waals surface area contributed by atoms with Crippen LogP contribution in [0.5, 0.6) is 0 Å². The maximum atomic E-state index is 11.3. The lowest BCUT2D eigenvalue weighted by molar-refractivity contribution is -0.142. The number of carbonyl (C=O) groups excluding carboxylic acids is 1. The predicted molar refractivity (Wildman–Crippen MR) is 119 cm³/mol. The summed E-state index contributed by atoms with van der Waals surface area (Å²) in [5.74, 6) is 0.992. The van der Waals surface area contributed by atoms with Gasteiger partial charge in [-0.05, 0) is 11.8 Å². The highest BCUT2D eigenvalue weighted by atomic mass is 16.5. The number of hydrogen-bond donors (Lipinski definition) is 0. The average molecular weight is 383 g/mol. The van der Waals surface area contributed by atoms with Gasteiger partial charge in [-0.2, -0.15) is 0 Å². The van der Waals surface area contributed by atoms with Crippen LogP contribution in [0.3, 0.4) is 0 Å². The summed E-state index contributed by atoms with van der Waals surface area (Å²) < 4.78 is 4.77. The van der Waals surface area contributed by atoms with Crippen LogP contribution in [0.25, 0.3) is 0 Å². The van der Waals surface area contributed by atoms with Crippen molar-refractivity contribution in [1.82, 2.24) is 0 Å². The van der Waals surface area contributed by atoms with Gasteiger partial charge in [0.2, 0.25) is 0 Å². The zero-order chi connectivity index (χ0) is 20.2. The third-order valence-corrected chi connectivity index (χ3v) is 6.20. The van der Waals surface area contributed by atoms with Crippen LogP contribution in [0.4, 0.5) is 0 Å². The molecule has 2 heteroatoms. The number of hydrogen-bond acceptors (Lipinski definition) is 2. The van der Waals surface area contributed by atoms with Gasteiger partial charge in [0.25, 0.3) is 0 Å². The smallest absolute Gasteiger partial charge is 0.305 e. The fourth-order valence-electron chi connectivity index (χ4n) is 3.85. The molecule has 0 unspecified atom stereocenters. The summed E-state index contributed by atoms with van der Waals surface area (Å²) in [5.41, 5.74) is 0. The highest BCUT2D eigenvalue weighted by Gasteiger charge is 2.15. The van der Waals surface area contributed by atoms with Crippen LogP contribution in [0.1, 0.15) is 136 Å². The quantitative estimate of drug-likeness (QED) is 0.156. The first kappa shape index (κ1) is 26.5. The molecular formula is C25H50O2. The Hall–Kier alpha value is -0.530. The number of rotatable bonds is 20. The molecule has 0 amide bonds. The van der Waals surface area contributed by atoms with Gasteiger partial charge in [0.1, 0.15) is 0 Å². The van der Waals surface area contributed by atoms with Crippen molar-refractivity contribution < 1.29 is 9.53 Å². The fraction of sp³-hybridized carbons (Fsp3) is 0.960. The summed E-state index contributed by atoms with van der Waals surface area (Å²) in [6, 6.07) is 0. The highest BCUT2D eigenvalue weighted by molar-refractivity contribution is 5.69. The van der Waals surface area contributed by atoms with Gasteiger partial charge >= 0.3 is 5.97 Å². The van der Waals surface area contributed by atoms with Crippen molar-refractivity contribution in [1.29, 1.82) is 0 Å². The Morgan fingerprint density at radius 3 is 1.37 bits per heavy atom. The first-order valence-corrected chi connectivity index (χ1v) is 12.2. The van der Waals surface area contributed by atoms with Crippen molar-refractivity contribution >= 4 is 5.97 Å². The zero-order valence-electron chi connectivity index (χ0n) is 19.2. The van der Waals surface area contributed by atoms with Gasteiger partial charge in [0.15, 0.2) is 0 Å². The van der Waals surface area contributed by atoms with Crippen molar-refractivity contribution in [2.75, 3.05) is 7.11 Å². The van der Waals surface area contributed by atoms with Crippen LogP contribution in [-0.2, 0) is 9.53 Å². The molecule has 0 aromatic heterocycles. The van der Waals surface area contributed by atoms with E-state index in [-0.39, 0.29) is 5.97 Å². The first-order valence-electron chi connectivity index (χ1n) is 12.2. The molecule has 0 heterocycles. The van der Waals surface area contributed by atoms with E-state index >= 15 is 0 Å². The third-order valence-electron chi connectivity index (χ3n) is 6.20. The van der Waals surface area contributed by atoms with E-state index in [0.717, 1.165) is 0 Å². The summed E-state index contributed by atoms with van der Waals surface area (Å²) in [6.07, 6.45) is 24.5. The monoisotopic (exact) mass is 382 g/mol. The van der Waals surface area contributed by atoms with E-state index in [1.807, 2.05) is 0 Å². The van der Waals surface area contributed by atoms with Gasteiger partial charge in [-0.1, -0.05) is 130 Å². The van der Waals surface area contributed by atoms with Crippen LogP contribution in [0, 0.1) is 11.8 Å². The van der Waals surface area contributed by atoms with E-state index in [0.29, 0.717) is 18.3 Å². The van der Waals surface area contributed by atoms with Gasteiger partial charge in [-0.3, -0.25) is 4.79 Å². The molecule has 0 spiro atoms. The number of ether oxygens (including phenoxy) is 1. The Morgan fingerprint density at radius 1 is 0.630 bits per heavy atom. The second kappa shape index (κ2) is 20.2. The zero-order valence-corrected chi connectivity index (χ0v) is 19.2. The van der Waals surface area contributed by atoms with E-state index in [9.17, 15) is 4.79 Å². The minimum Gasteiger partial charge on any atom is -0.469 e. The standard InChI is InChI=1S/C25H50O2/c1-5-6-7-8-9-10-11-12-13-14-15-16-17-18-19-20-21-23(2)24(3)22-25(26)27-4/h23-24H,5-22H2,1-4H3/t23-,24+/m0/s1. The summed E-state index contributed by atoms with van der Waals surface area (Å²) in [7, 11) is 1.48. The molecule has 0 aromatic carbocycles. The van der Waals surface area contributed by atoms with Crippen LogP contribution >= 0.6 is 0 Å². The van der Waals surface area contributed by atoms with Gasteiger partial charge in [-0.15, -0.1) is 0 Å². The Labute approximate surface area is 171 Å². The first-order chi connectivity index (χ1) is 13.1. The van der Waals surface area contributed by atoms with Crippen molar-refractivity contribution in [3.63, 3.8) is 0 Å². The lowest BCUT2D eigenvalue weighted by Gasteiger charge is -2.18. The van der Waals surface area contributed by atoms with Crippen LogP contribution in [0.2, 0.25) is 0 Å². The Balaban J connectivity index is 3.23. The molecule has 0 aliphatic carbocycles. The molecule has 0 rings (SSSR count). The van der Waals surface area contributed by atoms with Crippen LogP contribution in [0.15, 0.2) is 0 Å². The summed E-state index contributed by atoms with van der Waals surface area (Å²) >= 11 is 0. The second-order valence-corrected chi connectivity index (χ2v) is 8.83. The Kier molecular flexibility index (Phi) is 19.8. The average Bonchev–Trinajstić information content (AvgIpc) is 2.67. The summed E-state index contributed by atoms with van der Waals surface area (Å²) in [4.78, 5) is 11.3. The summed E-state index contributed by atoms with van der Waals surface area (Å²) in [6.45, 7) is 6.74. The minimum absolute atomic E-state index is 0.0682. The molecule has 0 bridgehead atoms. The van der Waals surface area contributed by atoms with Crippen LogP contribution < -0.4 is 0 Å². The molecule has 162 valence electrons. The minimum atomic E-state index is -0.0682. The normalized spacial score (nSPS) is 13.5. The maximum Gasteiger partial charge on any atom is 0.305 e. The Bertz CT molecular complexity index is 313. The molecule has 0 saturated carbocycles. The van der Waals surface area contributed by atoms with Gasteiger partial charge in [0.05, 0.1) is 7.11 Å². The molecule has 0 aliphatic rings. The molecule has 0 fully saturated rings. The number of methoxy groups -OCH3 is 1. The van der Waals surface area contributed by atoms with Crippen molar-refractivity contribution in [3.05, 3.63) is 0 Å². The molecule has 0 radical (unpaired) electrons. The fourth-order valence-corrected chi connectivity index (χ4v) is 3.85. The van der Waals surface area contributed by atoms with Crippen LogP contribution in [-0.4, -0.2) is 13.1 Å². The van der Waals surface area contributed by atoms with Gasteiger partial charge in [0, 0.05) is 6.42 Å². The highest BCUT2D eigenvalue weighted by Crippen LogP contribution is 2.22. The molecule has 0 aromatic rings. The van der Waals surface area contributed by atoms with E-state index in [1.165, 1.54) is 116 Å². The molecule has 0 N–H and O–H groups in total. The SMILES string of the molecule is CCCCCCCCCCCCCCCCCC[C@H](C)[C@H](C)CC(=O)OC. The van der Waals surface area contributed by atoms with E-state index in [2.05, 4.69) is 20.8 Å². The molecule has 0 aliphatic heterocycles. The van der Waals surface area contributed by atoms with Crippen molar-refractivity contribution in [2.45, 2.75) is 136 Å². The predicted octanol–water partition coefficient (Wildman–Crippen LogP) is 8.47. The van der Waals surface area contributed by atoms with Crippen molar-refractivity contribution in [3.8, 4) is 0 Å². The Morgan fingerprint density at radius 2 is 1.00 bits per heavy atom. The lowest BCUT2D eigenvalue weighted by atomic mass is 9.88. The maximum absolute atomic E-state index is 11.3. The molecule has 2 atom stereocenters. The topological polar surface area (TPSA) is 26.3 Å².